The Balaban J connectivity index is 2.54. The van der Waals surface area contributed by atoms with Gasteiger partial charge in [-0.25, -0.2) is 4.39 Å². The molecule has 0 aliphatic heterocycles. The highest BCUT2D eigenvalue weighted by Crippen LogP contribution is 2.18. The molecule has 0 amide bonds. The van der Waals surface area contributed by atoms with Gasteiger partial charge in [0.25, 0.3) is 0 Å². The molecule has 1 nitrogen and oxygen atoms in total. The number of likely N-dealkylation sites (N-methyl/N-ethyl adjacent to an activating group) is 1. The van der Waals surface area contributed by atoms with E-state index in [1.54, 1.807) is 0 Å². The number of unbranched alkanes of at least 4 members (excludes halogenated alkanes) is 2. The van der Waals surface area contributed by atoms with E-state index in [0.717, 1.165) is 22.9 Å². The molecule has 0 saturated heterocycles. The van der Waals surface area contributed by atoms with Gasteiger partial charge in [-0.2, -0.15) is 0 Å². The molecule has 0 bridgehead atoms. The summed E-state index contributed by atoms with van der Waals surface area (Å²) in [6.45, 7) is 2.20. The molecule has 1 aromatic carbocycles. The quantitative estimate of drug-likeness (QED) is 0.741. The van der Waals surface area contributed by atoms with E-state index in [1.165, 1.54) is 25.3 Å². The van der Waals surface area contributed by atoms with Crippen LogP contribution >= 0.6 is 15.9 Å². The molecule has 0 fully saturated rings. The first-order chi connectivity index (χ1) is 8.17. The standard InChI is InChI=1S/C14H21BrFN/c1-3-4-5-6-13(17-2)9-11-7-8-12(15)10-14(11)16/h7-8,10,13,17H,3-6,9H2,1-2H3. The van der Waals surface area contributed by atoms with E-state index in [4.69, 9.17) is 0 Å². The molecule has 0 spiro atoms. The zero-order valence-electron chi connectivity index (χ0n) is 10.6. The molecule has 17 heavy (non-hydrogen) atoms. The number of nitrogens with one attached hydrogen (secondary N) is 1. The number of rotatable bonds is 7. The normalized spacial score (nSPS) is 12.7. The van der Waals surface area contributed by atoms with Crippen molar-refractivity contribution in [3.05, 3.63) is 34.1 Å². The second kappa shape index (κ2) is 7.83. The van der Waals surface area contributed by atoms with Gasteiger partial charge in [0.2, 0.25) is 0 Å². The van der Waals surface area contributed by atoms with Gasteiger partial charge >= 0.3 is 0 Å². The summed E-state index contributed by atoms with van der Waals surface area (Å²) in [5.41, 5.74) is 0.795. The van der Waals surface area contributed by atoms with E-state index in [0.29, 0.717) is 6.04 Å². The Morgan fingerprint density at radius 1 is 1.35 bits per heavy atom. The van der Waals surface area contributed by atoms with Crippen molar-refractivity contribution in [2.45, 2.75) is 45.1 Å². The lowest BCUT2D eigenvalue weighted by Gasteiger charge is -2.16. The van der Waals surface area contributed by atoms with Crippen LogP contribution in [0.4, 0.5) is 4.39 Å². The maximum atomic E-state index is 13.7. The molecule has 1 atom stereocenters. The molecule has 0 aromatic heterocycles. The summed E-state index contributed by atoms with van der Waals surface area (Å²) in [5.74, 6) is -0.116. The Labute approximate surface area is 112 Å². The van der Waals surface area contributed by atoms with Crippen molar-refractivity contribution in [3.63, 3.8) is 0 Å². The number of halogens is 2. The van der Waals surface area contributed by atoms with Gasteiger partial charge in [0.15, 0.2) is 0 Å². The molecule has 0 saturated carbocycles. The third kappa shape index (κ3) is 5.17. The highest BCUT2D eigenvalue weighted by atomic mass is 79.9. The van der Waals surface area contributed by atoms with Gasteiger partial charge < -0.3 is 5.32 Å². The van der Waals surface area contributed by atoms with Gasteiger partial charge in [0, 0.05) is 10.5 Å². The fourth-order valence-corrected chi connectivity index (χ4v) is 2.28. The summed E-state index contributed by atoms with van der Waals surface area (Å²) in [5, 5.41) is 3.27. The minimum absolute atomic E-state index is 0.116. The van der Waals surface area contributed by atoms with Crippen LogP contribution in [0.15, 0.2) is 22.7 Å². The smallest absolute Gasteiger partial charge is 0.127 e. The van der Waals surface area contributed by atoms with Crippen molar-refractivity contribution in [1.29, 1.82) is 0 Å². The molecule has 0 heterocycles. The summed E-state index contributed by atoms with van der Waals surface area (Å²) < 4.78 is 14.5. The van der Waals surface area contributed by atoms with Crippen LogP contribution in [0.25, 0.3) is 0 Å². The largest absolute Gasteiger partial charge is 0.317 e. The van der Waals surface area contributed by atoms with E-state index in [-0.39, 0.29) is 5.82 Å². The van der Waals surface area contributed by atoms with Crippen molar-refractivity contribution in [2.75, 3.05) is 7.05 Å². The van der Waals surface area contributed by atoms with Gasteiger partial charge in [-0.1, -0.05) is 48.2 Å². The highest BCUT2D eigenvalue weighted by Gasteiger charge is 2.10. The van der Waals surface area contributed by atoms with Crippen LogP contribution in [0.5, 0.6) is 0 Å². The zero-order chi connectivity index (χ0) is 12.7. The number of benzene rings is 1. The highest BCUT2D eigenvalue weighted by molar-refractivity contribution is 9.10. The summed E-state index contributed by atoms with van der Waals surface area (Å²) in [6.07, 6.45) is 5.56. The van der Waals surface area contributed by atoms with Gasteiger partial charge in [0.05, 0.1) is 0 Å². The Bertz CT molecular complexity index is 341. The van der Waals surface area contributed by atoms with Crippen LogP contribution in [0.1, 0.15) is 38.2 Å². The lowest BCUT2D eigenvalue weighted by atomic mass is 10.0. The third-order valence-electron chi connectivity index (χ3n) is 3.05. The summed E-state index contributed by atoms with van der Waals surface area (Å²) in [6, 6.07) is 5.67. The molecule has 0 aliphatic carbocycles. The molecule has 3 heteroatoms. The van der Waals surface area contributed by atoms with Gasteiger partial charge in [0.1, 0.15) is 5.82 Å². The molecular formula is C14H21BrFN. The maximum Gasteiger partial charge on any atom is 0.127 e. The average Bonchev–Trinajstić information content (AvgIpc) is 2.31. The van der Waals surface area contributed by atoms with E-state index >= 15 is 0 Å². The molecule has 96 valence electrons. The summed E-state index contributed by atoms with van der Waals surface area (Å²) in [4.78, 5) is 0. The topological polar surface area (TPSA) is 12.0 Å². The van der Waals surface area contributed by atoms with Crippen LogP contribution in [0, 0.1) is 5.82 Å². The second-order valence-electron chi connectivity index (χ2n) is 4.42. The Morgan fingerprint density at radius 2 is 2.12 bits per heavy atom. The number of hydrogen-bond acceptors (Lipinski definition) is 1. The fraction of sp³-hybridized carbons (Fsp3) is 0.571. The van der Waals surface area contributed by atoms with E-state index in [9.17, 15) is 4.39 Å². The van der Waals surface area contributed by atoms with Crippen molar-refractivity contribution >= 4 is 15.9 Å². The molecule has 0 aliphatic rings. The van der Waals surface area contributed by atoms with Crippen molar-refractivity contribution in [2.24, 2.45) is 0 Å². The van der Waals surface area contributed by atoms with E-state index < -0.39 is 0 Å². The lowest BCUT2D eigenvalue weighted by Crippen LogP contribution is -2.27. The zero-order valence-corrected chi connectivity index (χ0v) is 12.2. The average molecular weight is 302 g/mol. The van der Waals surface area contributed by atoms with Gasteiger partial charge in [-0.3, -0.25) is 0 Å². The van der Waals surface area contributed by atoms with Gasteiger partial charge in [-0.05, 0) is 37.6 Å². The molecule has 0 radical (unpaired) electrons. The SMILES string of the molecule is CCCCCC(Cc1ccc(Br)cc1F)NC. The van der Waals surface area contributed by atoms with Crippen molar-refractivity contribution in [1.82, 2.24) is 5.32 Å². The minimum atomic E-state index is -0.116. The van der Waals surface area contributed by atoms with Crippen molar-refractivity contribution in [3.8, 4) is 0 Å². The lowest BCUT2D eigenvalue weighted by molar-refractivity contribution is 0.479. The molecular weight excluding hydrogens is 281 g/mol. The predicted molar refractivity (Wildman–Crippen MR) is 74.8 cm³/mol. The third-order valence-corrected chi connectivity index (χ3v) is 3.54. The first kappa shape index (κ1) is 14.7. The van der Waals surface area contributed by atoms with Crippen LogP contribution < -0.4 is 5.32 Å². The number of hydrogen-bond donors (Lipinski definition) is 1. The molecule has 1 unspecified atom stereocenters. The molecule has 1 aromatic rings. The van der Waals surface area contributed by atoms with Crippen LogP contribution in [-0.4, -0.2) is 13.1 Å². The molecule has 1 rings (SSSR count). The summed E-state index contributed by atoms with van der Waals surface area (Å²) >= 11 is 3.28. The monoisotopic (exact) mass is 301 g/mol. The van der Waals surface area contributed by atoms with Crippen molar-refractivity contribution < 1.29 is 4.39 Å². The second-order valence-corrected chi connectivity index (χ2v) is 5.34. The van der Waals surface area contributed by atoms with Crippen LogP contribution in [0.2, 0.25) is 0 Å². The van der Waals surface area contributed by atoms with E-state index in [1.807, 2.05) is 19.2 Å². The fourth-order valence-electron chi connectivity index (χ4n) is 1.94. The predicted octanol–water partition coefficient (Wildman–Crippen LogP) is 4.30. The van der Waals surface area contributed by atoms with Crippen LogP contribution in [0.3, 0.4) is 0 Å². The van der Waals surface area contributed by atoms with E-state index in [2.05, 4.69) is 28.2 Å². The Morgan fingerprint density at radius 3 is 2.71 bits per heavy atom. The van der Waals surface area contributed by atoms with Crippen LogP contribution in [-0.2, 0) is 6.42 Å². The maximum absolute atomic E-state index is 13.7. The Hall–Kier alpha value is -0.410. The first-order valence-corrected chi connectivity index (χ1v) is 7.07. The molecule has 1 N–H and O–H groups in total. The Kier molecular flexibility index (Phi) is 6.75. The van der Waals surface area contributed by atoms with Gasteiger partial charge in [-0.15, -0.1) is 0 Å². The minimum Gasteiger partial charge on any atom is -0.317 e. The summed E-state index contributed by atoms with van der Waals surface area (Å²) in [7, 11) is 1.95. The first-order valence-electron chi connectivity index (χ1n) is 6.28.